The van der Waals surface area contributed by atoms with Gasteiger partial charge in [-0.3, -0.25) is 4.90 Å². The Morgan fingerprint density at radius 1 is 0.926 bits per heavy atom. The molecule has 1 atom stereocenters. The van der Waals surface area contributed by atoms with Gasteiger partial charge in [-0.15, -0.1) is 0 Å². The summed E-state index contributed by atoms with van der Waals surface area (Å²) in [5.74, 6) is 1.52. The van der Waals surface area contributed by atoms with Gasteiger partial charge in [0.2, 0.25) is 6.29 Å². The minimum absolute atomic E-state index is 0.366. The standard InChI is InChI=1S/C21H22N2O4/c1-2-7-19-18(6-1)25-14-20(27-19)26-15-22-9-11-23(12-10-22)17-5-3-4-16-8-13-24-21(16)17/h1-8,13,20H,9-12,14-15H2. The summed E-state index contributed by atoms with van der Waals surface area (Å²) in [5.41, 5.74) is 2.13. The number of anilines is 1. The van der Waals surface area contributed by atoms with Crippen LogP contribution in [0.3, 0.4) is 0 Å². The van der Waals surface area contributed by atoms with Gasteiger partial charge in [-0.1, -0.05) is 24.3 Å². The first kappa shape index (κ1) is 16.5. The van der Waals surface area contributed by atoms with Crippen LogP contribution in [0.15, 0.2) is 59.2 Å². The van der Waals surface area contributed by atoms with Gasteiger partial charge in [0.25, 0.3) is 0 Å². The number of para-hydroxylation sites is 3. The number of rotatable bonds is 4. The summed E-state index contributed by atoms with van der Waals surface area (Å²) in [7, 11) is 0. The van der Waals surface area contributed by atoms with E-state index in [9.17, 15) is 0 Å². The molecule has 0 aliphatic carbocycles. The highest BCUT2D eigenvalue weighted by Crippen LogP contribution is 2.31. The Labute approximate surface area is 157 Å². The lowest BCUT2D eigenvalue weighted by atomic mass is 10.2. The second-order valence-electron chi connectivity index (χ2n) is 6.82. The van der Waals surface area contributed by atoms with Gasteiger partial charge in [0, 0.05) is 31.6 Å². The maximum atomic E-state index is 5.92. The molecule has 1 saturated heterocycles. The van der Waals surface area contributed by atoms with Crippen LogP contribution in [0.25, 0.3) is 11.0 Å². The molecule has 1 fully saturated rings. The summed E-state index contributed by atoms with van der Waals surface area (Å²) in [4.78, 5) is 4.67. The monoisotopic (exact) mass is 366 g/mol. The molecular weight excluding hydrogens is 344 g/mol. The number of hydrogen-bond donors (Lipinski definition) is 0. The van der Waals surface area contributed by atoms with Crippen LogP contribution in [-0.2, 0) is 4.74 Å². The number of hydrogen-bond acceptors (Lipinski definition) is 6. The third-order valence-corrected chi connectivity index (χ3v) is 5.10. The van der Waals surface area contributed by atoms with Crippen LogP contribution in [0.5, 0.6) is 11.5 Å². The van der Waals surface area contributed by atoms with Crippen molar-refractivity contribution in [2.75, 3.05) is 44.4 Å². The predicted molar refractivity (Wildman–Crippen MR) is 102 cm³/mol. The summed E-state index contributed by atoms with van der Waals surface area (Å²) in [6.07, 6.45) is 1.39. The van der Waals surface area contributed by atoms with Crippen molar-refractivity contribution in [3.8, 4) is 11.5 Å². The Hall–Kier alpha value is -2.70. The van der Waals surface area contributed by atoms with Gasteiger partial charge in [-0.05, 0) is 24.3 Å². The summed E-state index contributed by atoms with van der Waals surface area (Å²) >= 11 is 0. The topological polar surface area (TPSA) is 47.3 Å². The van der Waals surface area contributed by atoms with Gasteiger partial charge in [0.05, 0.1) is 12.0 Å². The number of piperazine rings is 1. The summed E-state index contributed by atoms with van der Waals surface area (Å²) in [6, 6.07) is 16.0. The van der Waals surface area contributed by atoms with E-state index in [1.807, 2.05) is 30.3 Å². The molecule has 1 aromatic heterocycles. The quantitative estimate of drug-likeness (QED) is 0.706. The molecule has 0 N–H and O–H groups in total. The molecular formula is C21H22N2O4. The largest absolute Gasteiger partial charge is 0.483 e. The Kier molecular flexibility index (Phi) is 4.35. The van der Waals surface area contributed by atoms with Crippen molar-refractivity contribution in [2.45, 2.75) is 6.29 Å². The van der Waals surface area contributed by atoms with Crippen LogP contribution >= 0.6 is 0 Å². The zero-order valence-corrected chi connectivity index (χ0v) is 15.0. The average Bonchev–Trinajstić information content (AvgIpc) is 3.21. The third-order valence-electron chi connectivity index (χ3n) is 5.10. The predicted octanol–water partition coefficient (Wildman–Crippen LogP) is 3.33. The molecule has 6 nitrogen and oxygen atoms in total. The molecule has 2 aliphatic rings. The van der Waals surface area contributed by atoms with Crippen molar-refractivity contribution >= 4 is 16.7 Å². The normalized spacial score (nSPS) is 20.1. The van der Waals surface area contributed by atoms with Crippen molar-refractivity contribution < 1.29 is 18.6 Å². The Balaban J connectivity index is 1.15. The molecule has 3 heterocycles. The fourth-order valence-electron chi connectivity index (χ4n) is 3.62. The first-order chi connectivity index (χ1) is 13.4. The average molecular weight is 366 g/mol. The van der Waals surface area contributed by atoms with Gasteiger partial charge in [0.15, 0.2) is 23.7 Å². The van der Waals surface area contributed by atoms with Crippen molar-refractivity contribution in [1.29, 1.82) is 0 Å². The van der Waals surface area contributed by atoms with Crippen molar-refractivity contribution in [3.63, 3.8) is 0 Å². The molecule has 0 radical (unpaired) electrons. The van der Waals surface area contributed by atoms with Gasteiger partial charge in [-0.25, -0.2) is 0 Å². The highest BCUT2D eigenvalue weighted by molar-refractivity contribution is 5.89. The smallest absolute Gasteiger partial charge is 0.235 e. The number of nitrogens with zero attached hydrogens (tertiary/aromatic N) is 2. The lowest BCUT2D eigenvalue weighted by Crippen LogP contribution is -2.48. The highest BCUT2D eigenvalue weighted by Gasteiger charge is 2.24. The lowest BCUT2D eigenvalue weighted by Gasteiger charge is -2.36. The van der Waals surface area contributed by atoms with Crippen molar-refractivity contribution in [3.05, 3.63) is 54.8 Å². The number of ether oxygens (including phenoxy) is 3. The van der Waals surface area contributed by atoms with E-state index in [1.165, 1.54) is 5.69 Å². The van der Waals surface area contributed by atoms with Crippen LogP contribution in [0.2, 0.25) is 0 Å². The minimum Gasteiger partial charge on any atom is -0.483 e. The number of furan rings is 1. The molecule has 0 bridgehead atoms. The van der Waals surface area contributed by atoms with E-state index < -0.39 is 0 Å². The van der Waals surface area contributed by atoms with Crippen LogP contribution in [0.1, 0.15) is 0 Å². The molecule has 0 spiro atoms. The zero-order valence-electron chi connectivity index (χ0n) is 15.0. The fraction of sp³-hybridized carbons (Fsp3) is 0.333. The highest BCUT2D eigenvalue weighted by atomic mass is 16.7. The molecule has 2 aromatic carbocycles. The molecule has 6 heteroatoms. The SMILES string of the molecule is c1ccc2c(c1)OCC(OCN1CCN(c3cccc4ccoc34)CC1)O2. The lowest BCUT2D eigenvalue weighted by molar-refractivity contribution is -0.145. The second kappa shape index (κ2) is 7.13. The van der Waals surface area contributed by atoms with Crippen molar-refractivity contribution in [2.24, 2.45) is 0 Å². The van der Waals surface area contributed by atoms with Crippen LogP contribution in [0.4, 0.5) is 5.69 Å². The fourth-order valence-corrected chi connectivity index (χ4v) is 3.62. The molecule has 1 unspecified atom stereocenters. The maximum absolute atomic E-state index is 5.92. The van der Waals surface area contributed by atoms with Gasteiger partial charge in [-0.2, -0.15) is 0 Å². The minimum atomic E-state index is -0.366. The molecule has 3 aromatic rings. The number of fused-ring (bicyclic) bond motifs is 2. The van der Waals surface area contributed by atoms with E-state index in [1.54, 1.807) is 6.26 Å². The van der Waals surface area contributed by atoms with Crippen LogP contribution in [0, 0.1) is 0 Å². The summed E-state index contributed by atoms with van der Waals surface area (Å²) < 4.78 is 23.1. The zero-order chi connectivity index (χ0) is 18.1. The first-order valence-electron chi connectivity index (χ1n) is 9.30. The summed E-state index contributed by atoms with van der Waals surface area (Å²) in [5, 5.41) is 1.15. The molecule has 2 aliphatic heterocycles. The third kappa shape index (κ3) is 3.34. The van der Waals surface area contributed by atoms with Gasteiger partial charge < -0.3 is 23.5 Å². The van der Waals surface area contributed by atoms with E-state index in [-0.39, 0.29) is 6.29 Å². The maximum Gasteiger partial charge on any atom is 0.235 e. The molecule has 27 heavy (non-hydrogen) atoms. The van der Waals surface area contributed by atoms with E-state index in [4.69, 9.17) is 18.6 Å². The Bertz CT molecular complexity index is 917. The molecule has 0 saturated carbocycles. The summed E-state index contributed by atoms with van der Waals surface area (Å²) in [6.45, 7) is 4.69. The van der Waals surface area contributed by atoms with Crippen LogP contribution in [-0.4, -0.2) is 50.7 Å². The number of benzene rings is 2. The van der Waals surface area contributed by atoms with E-state index in [0.29, 0.717) is 13.3 Å². The second-order valence-corrected chi connectivity index (χ2v) is 6.82. The molecule has 5 rings (SSSR count). The van der Waals surface area contributed by atoms with Crippen molar-refractivity contribution in [1.82, 2.24) is 4.90 Å². The molecule has 140 valence electrons. The Morgan fingerprint density at radius 3 is 2.67 bits per heavy atom. The van der Waals surface area contributed by atoms with Crippen LogP contribution < -0.4 is 14.4 Å². The molecule has 0 amide bonds. The van der Waals surface area contributed by atoms with E-state index in [0.717, 1.165) is 48.6 Å². The first-order valence-corrected chi connectivity index (χ1v) is 9.30. The van der Waals surface area contributed by atoms with Gasteiger partial charge >= 0.3 is 0 Å². The van der Waals surface area contributed by atoms with Gasteiger partial charge in [0.1, 0.15) is 6.73 Å². The van der Waals surface area contributed by atoms with E-state index >= 15 is 0 Å². The Morgan fingerprint density at radius 2 is 1.78 bits per heavy atom. The van der Waals surface area contributed by atoms with E-state index in [2.05, 4.69) is 28.0 Å².